The molecule has 1 aromatic carbocycles. The van der Waals surface area contributed by atoms with Crippen molar-refractivity contribution in [3.05, 3.63) is 29.3 Å². The molecule has 0 aromatic heterocycles. The number of fused-ring (bicyclic) bond motifs is 1. The first-order chi connectivity index (χ1) is 9.08. The van der Waals surface area contributed by atoms with Crippen LogP contribution in [0.3, 0.4) is 0 Å². The van der Waals surface area contributed by atoms with Crippen LogP contribution in [-0.2, 0) is 0 Å². The van der Waals surface area contributed by atoms with Gasteiger partial charge in [0, 0.05) is 18.8 Å². The fraction of sp³-hybridized carbons (Fsp3) is 0.467. The summed E-state index contributed by atoms with van der Waals surface area (Å²) >= 11 is 0. The van der Waals surface area contributed by atoms with Crippen LogP contribution in [0.25, 0.3) is 0 Å². The smallest absolute Gasteiger partial charge is 0.261 e. The molecule has 0 saturated heterocycles. The molecule has 4 heteroatoms. The summed E-state index contributed by atoms with van der Waals surface area (Å²) in [4.78, 5) is 24.9. The highest BCUT2D eigenvalue weighted by Gasteiger charge is 2.32. The van der Waals surface area contributed by atoms with Crippen molar-refractivity contribution in [1.29, 1.82) is 0 Å². The van der Waals surface area contributed by atoms with Gasteiger partial charge in [-0.25, -0.2) is 0 Å². The van der Waals surface area contributed by atoms with Crippen molar-refractivity contribution in [2.45, 2.75) is 39.2 Å². The predicted molar refractivity (Wildman–Crippen MR) is 75.5 cm³/mol. The summed E-state index contributed by atoms with van der Waals surface area (Å²) in [7, 11) is 1.52. The Morgan fingerprint density at radius 3 is 2.47 bits per heavy atom. The minimum absolute atomic E-state index is 0.216. The largest absolute Gasteiger partial charge is 0.382 e. The molecule has 0 aliphatic carbocycles. The number of nitrogens with one attached hydrogen (secondary N) is 1. The van der Waals surface area contributed by atoms with E-state index >= 15 is 0 Å². The van der Waals surface area contributed by atoms with E-state index in [0.717, 1.165) is 29.8 Å². The second-order valence-electron chi connectivity index (χ2n) is 4.97. The number of rotatable bonds is 5. The summed E-state index contributed by atoms with van der Waals surface area (Å²) < 4.78 is 0. The topological polar surface area (TPSA) is 49.4 Å². The van der Waals surface area contributed by atoms with Crippen LogP contribution >= 0.6 is 0 Å². The van der Waals surface area contributed by atoms with E-state index in [-0.39, 0.29) is 11.8 Å². The first kappa shape index (κ1) is 13.6. The molecule has 0 saturated carbocycles. The van der Waals surface area contributed by atoms with Crippen LogP contribution < -0.4 is 5.32 Å². The minimum Gasteiger partial charge on any atom is -0.382 e. The molecule has 1 aromatic rings. The van der Waals surface area contributed by atoms with Crippen molar-refractivity contribution in [2.24, 2.45) is 0 Å². The summed E-state index contributed by atoms with van der Waals surface area (Å²) in [6.45, 7) is 4.30. The Morgan fingerprint density at radius 1 is 1.16 bits per heavy atom. The standard InChI is InChI=1S/C15H20N2O2/c1-4-6-10(5-2)16-11-7-8-12-13(9-11)15(19)17(3)14(12)18/h7-10,16H,4-6H2,1-3H3. The summed E-state index contributed by atoms with van der Waals surface area (Å²) in [5.74, 6) is -0.431. The zero-order valence-corrected chi connectivity index (χ0v) is 11.7. The van der Waals surface area contributed by atoms with E-state index in [1.807, 2.05) is 6.07 Å². The molecule has 2 rings (SSSR count). The predicted octanol–water partition coefficient (Wildman–Crippen LogP) is 2.90. The quantitative estimate of drug-likeness (QED) is 0.828. The van der Waals surface area contributed by atoms with E-state index in [1.165, 1.54) is 7.05 Å². The van der Waals surface area contributed by atoms with Gasteiger partial charge in [0.25, 0.3) is 11.8 Å². The number of amides is 2. The van der Waals surface area contributed by atoms with Gasteiger partial charge in [-0.05, 0) is 31.0 Å². The van der Waals surface area contributed by atoms with Gasteiger partial charge in [-0.2, -0.15) is 0 Å². The maximum atomic E-state index is 11.9. The molecule has 1 aliphatic rings. The number of carbonyl (C=O) groups is 2. The Bertz CT molecular complexity index is 511. The molecular formula is C15H20N2O2. The van der Waals surface area contributed by atoms with Crippen LogP contribution in [0.2, 0.25) is 0 Å². The first-order valence-electron chi connectivity index (χ1n) is 6.81. The van der Waals surface area contributed by atoms with Gasteiger partial charge in [-0.15, -0.1) is 0 Å². The molecule has 0 fully saturated rings. The third-order valence-corrected chi connectivity index (χ3v) is 3.59. The molecular weight excluding hydrogens is 240 g/mol. The average Bonchev–Trinajstić information content (AvgIpc) is 2.63. The van der Waals surface area contributed by atoms with Gasteiger partial charge >= 0.3 is 0 Å². The van der Waals surface area contributed by atoms with Gasteiger partial charge < -0.3 is 5.32 Å². The monoisotopic (exact) mass is 260 g/mol. The van der Waals surface area contributed by atoms with E-state index < -0.39 is 0 Å². The molecule has 1 atom stereocenters. The van der Waals surface area contributed by atoms with Gasteiger partial charge in [-0.1, -0.05) is 20.3 Å². The third-order valence-electron chi connectivity index (χ3n) is 3.59. The lowest BCUT2D eigenvalue weighted by molar-refractivity contribution is 0.0693. The Morgan fingerprint density at radius 2 is 1.84 bits per heavy atom. The lowest BCUT2D eigenvalue weighted by Crippen LogP contribution is -2.24. The van der Waals surface area contributed by atoms with E-state index in [1.54, 1.807) is 12.1 Å². The Balaban J connectivity index is 2.23. The van der Waals surface area contributed by atoms with Crippen LogP contribution in [0.15, 0.2) is 18.2 Å². The summed E-state index contributed by atoms with van der Waals surface area (Å²) in [6.07, 6.45) is 3.26. The van der Waals surface area contributed by atoms with E-state index in [9.17, 15) is 9.59 Å². The Labute approximate surface area is 113 Å². The van der Waals surface area contributed by atoms with Crippen molar-refractivity contribution in [1.82, 2.24) is 4.90 Å². The second-order valence-corrected chi connectivity index (χ2v) is 4.97. The number of imide groups is 1. The number of nitrogens with zero attached hydrogens (tertiary/aromatic N) is 1. The highest BCUT2D eigenvalue weighted by Crippen LogP contribution is 2.25. The number of benzene rings is 1. The minimum atomic E-state index is -0.216. The van der Waals surface area contributed by atoms with E-state index in [4.69, 9.17) is 0 Å². The maximum absolute atomic E-state index is 11.9. The van der Waals surface area contributed by atoms with Crippen molar-refractivity contribution in [2.75, 3.05) is 12.4 Å². The van der Waals surface area contributed by atoms with E-state index in [0.29, 0.717) is 17.2 Å². The van der Waals surface area contributed by atoms with Gasteiger partial charge in [0.1, 0.15) is 0 Å². The number of hydrogen-bond donors (Lipinski definition) is 1. The number of anilines is 1. The molecule has 4 nitrogen and oxygen atoms in total. The van der Waals surface area contributed by atoms with Crippen molar-refractivity contribution in [3.63, 3.8) is 0 Å². The molecule has 1 heterocycles. The zero-order valence-electron chi connectivity index (χ0n) is 11.7. The van der Waals surface area contributed by atoms with Crippen LogP contribution in [0.5, 0.6) is 0 Å². The fourth-order valence-corrected chi connectivity index (χ4v) is 2.41. The summed E-state index contributed by atoms with van der Waals surface area (Å²) in [5.41, 5.74) is 1.92. The van der Waals surface area contributed by atoms with Gasteiger partial charge in [0.2, 0.25) is 0 Å². The average molecular weight is 260 g/mol. The van der Waals surface area contributed by atoms with E-state index in [2.05, 4.69) is 19.2 Å². The molecule has 0 spiro atoms. The normalized spacial score (nSPS) is 15.6. The van der Waals surface area contributed by atoms with Gasteiger partial charge in [-0.3, -0.25) is 14.5 Å². The fourth-order valence-electron chi connectivity index (χ4n) is 2.41. The number of hydrogen-bond acceptors (Lipinski definition) is 3. The molecule has 0 radical (unpaired) electrons. The highest BCUT2D eigenvalue weighted by molar-refractivity contribution is 6.21. The molecule has 1 aliphatic heterocycles. The van der Waals surface area contributed by atoms with Gasteiger partial charge in [0.15, 0.2) is 0 Å². The van der Waals surface area contributed by atoms with Gasteiger partial charge in [0.05, 0.1) is 11.1 Å². The van der Waals surface area contributed by atoms with Crippen LogP contribution in [-0.4, -0.2) is 29.8 Å². The Kier molecular flexibility index (Phi) is 3.88. The lowest BCUT2D eigenvalue weighted by atomic mass is 10.1. The Hall–Kier alpha value is -1.84. The van der Waals surface area contributed by atoms with Crippen molar-refractivity contribution < 1.29 is 9.59 Å². The molecule has 2 amide bonds. The third kappa shape index (κ3) is 2.48. The summed E-state index contributed by atoms with van der Waals surface area (Å²) in [5, 5.41) is 3.43. The van der Waals surface area contributed by atoms with Crippen molar-refractivity contribution >= 4 is 17.5 Å². The summed E-state index contributed by atoms with van der Waals surface area (Å²) in [6, 6.07) is 5.81. The highest BCUT2D eigenvalue weighted by atomic mass is 16.2. The molecule has 0 bridgehead atoms. The first-order valence-corrected chi connectivity index (χ1v) is 6.81. The molecule has 19 heavy (non-hydrogen) atoms. The van der Waals surface area contributed by atoms with Crippen LogP contribution in [0, 0.1) is 0 Å². The second kappa shape index (κ2) is 5.43. The van der Waals surface area contributed by atoms with Crippen LogP contribution in [0.4, 0.5) is 5.69 Å². The molecule has 1 N–H and O–H groups in total. The SMILES string of the molecule is CCCC(CC)Nc1ccc2c(c1)C(=O)N(C)C2=O. The molecule has 1 unspecified atom stereocenters. The van der Waals surface area contributed by atoms with Crippen LogP contribution in [0.1, 0.15) is 53.8 Å². The lowest BCUT2D eigenvalue weighted by Gasteiger charge is -2.17. The molecule has 102 valence electrons. The number of carbonyl (C=O) groups excluding carboxylic acids is 2. The van der Waals surface area contributed by atoms with Crippen molar-refractivity contribution in [3.8, 4) is 0 Å². The zero-order chi connectivity index (χ0) is 14.0. The maximum Gasteiger partial charge on any atom is 0.261 e.